The number of H-pyrrole nitrogens is 1. The summed E-state index contributed by atoms with van der Waals surface area (Å²) < 4.78 is 0. The number of pyridine rings is 1. The molecule has 0 saturated carbocycles. The van der Waals surface area contributed by atoms with Crippen LogP contribution in [0, 0.1) is 0 Å². The lowest BCUT2D eigenvalue weighted by atomic mass is 10.0. The van der Waals surface area contributed by atoms with E-state index in [-0.39, 0.29) is 0 Å². The molecule has 94 valence electrons. The van der Waals surface area contributed by atoms with Crippen LogP contribution in [0.3, 0.4) is 0 Å². The van der Waals surface area contributed by atoms with Gasteiger partial charge in [-0.15, -0.1) is 0 Å². The Kier molecular flexibility index (Phi) is 2.24. The summed E-state index contributed by atoms with van der Waals surface area (Å²) >= 11 is 0. The Morgan fingerprint density at radius 1 is 1.56 bits per heavy atom. The highest BCUT2D eigenvalue weighted by Gasteiger charge is 2.43. The van der Waals surface area contributed by atoms with Crippen molar-refractivity contribution < 1.29 is 4.79 Å². The number of fused-ring (bicyclic) bond motifs is 1. The van der Waals surface area contributed by atoms with Crippen molar-refractivity contribution in [1.82, 2.24) is 20.1 Å². The van der Waals surface area contributed by atoms with Crippen LogP contribution in [0.25, 0.3) is 11.0 Å². The van der Waals surface area contributed by atoms with E-state index in [0.717, 1.165) is 11.8 Å². The van der Waals surface area contributed by atoms with Crippen LogP contribution < -0.4 is 11.5 Å². The minimum absolute atomic E-state index is 0.512. The molecule has 1 saturated heterocycles. The third kappa shape index (κ3) is 1.37. The van der Waals surface area contributed by atoms with Crippen molar-refractivity contribution >= 4 is 17.1 Å². The molecule has 0 aromatic carbocycles. The zero-order valence-electron chi connectivity index (χ0n) is 9.76. The van der Waals surface area contributed by atoms with Crippen molar-refractivity contribution in [2.24, 2.45) is 11.5 Å². The van der Waals surface area contributed by atoms with Gasteiger partial charge in [-0.25, -0.2) is 9.78 Å². The van der Waals surface area contributed by atoms with Gasteiger partial charge in [0.1, 0.15) is 5.66 Å². The Hall–Kier alpha value is -2.15. The van der Waals surface area contributed by atoms with Crippen LogP contribution in [0.2, 0.25) is 0 Å². The maximum Gasteiger partial charge on any atom is 0.316 e. The summed E-state index contributed by atoms with van der Waals surface area (Å²) in [5, 5.41) is 7.83. The summed E-state index contributed by atoms with van der Waals surface area (Å²) in [5.41, 5.74) is 12.1. The summed E-state index contributed by atoms with van der Waals surface area (Å²) in [6, 6.07) is 3.18. The van der Waals surface area contributed by atoms with Gasteiger partial charge >= 0.3 is 6.03 Å². The predicted octanol–water partition coefficient (Wildman–Crippen LogP) is 0.244. The number of nitrogens with two attached hydrogens (primary N) is 2. The minimum Gasteiger partial charge on any atom is -0.351 e. The molecular weight excluding hydrogens is 232 g/mol. The number of aromatic nitrogens is 3. The molecule has 1 unspecified atom stereocenters. The number of rotatable bonds is 1. The van der Waals surface area contributed by atoms with E-state index in [2.05, 4.69) is 15.2 Å². The van der Waals surface area contributed by atoms with E-state index >= 15 is 0 Å². The van der Waals surface area contributed by atoms with Crippen LogP contribution in [-0.4, -0.2) is 32.7 Å². The molecule has 1 atom stereocenters. The summed E-state index contributed by atoms with van der Waals surface area (Å²) in [5.74, 6) is 0. The first-order valence-corrected chi connectivity index (χ1v) is 5.78. The van der Waals surface area contributed by atoms with Gasteiger partial charge in [0.2, 0.25) is 0 Å². The van der Waals surface area contributed by atoms with Gasteiger partial charge in [-0.05, 0) is 25.0 Å². The van der Waals surface area contributed by atoms with E-state index < -0.39 is 11.7 Å². The maximum absolute atomic E-state index is 11.5. The molecule has 1 aliphatic rings. The van der Waals surface area contributed by atoms with Crippen molar-refractivity contribution in [3.63, 3.8) is 0 Å². The van der Waals surface area contributed by atoms with E-state index in [4.69, 9.17) is 11.5 Å². The Bertz CT molecular complexity index is 608. The quantitative estimate of drug-likeness (QED) is 0.668. The van der Waals surface area contributed by atoms with Crippen molar-refractivity contribution in [3.8, 4) is 0 Å². The maximum atomic E-state index is 11.5. The first kappa shape index (κ1) is 11.0. The summed E-state index contributed by atoms with van der Waals surface area (Å²) in [6.45, 7) is 0.562. The van der Waals surface area contributed by atoms with Crippen LogP contribution in [-0.2, 0) is 5.66 Å². The van der Waals surface area contributed by atoms with Gasteiger partial charge in [0.15, 0.2) is 5.65 Å². The highest BCUT2D eigenvalue weighted by Crippen LogP contribution is 2.35. The van der Waals surface area contributed by atoms with Crippen LogP contribution in [0.5, 0.6) is 0 Å². The summed E-state index contributed by atoms with van der Waals surface area (Å²) in [7, 11) is 0. The Morgan fingerprint density at radius 2 is 2.39 bits per heavy atom. The molecule has 18 heavy (non-hydrogen) atoms. The number of nitrogens with zero attached hydrogens (tertiary/aromatic N) is 3. The van der Waals surface area contributed by atoms with E-state index in [1.165, 1.54) is 4.90 Å². The number of hydrogen-bond donors (Lipinski definition) is 3. The number of hydrogen-bond acceptors (Lipinski definition) is 4. The third-order valence-electron chi connectivity index (χ3n) is 3.45. The second-order valence-electron chi connectivity index (χ2n) is 4.49. The molecule has 7 heteroatoms. The Morgan fingerprint density at radius 3 is 3.17 bits per heavy atom. The average molecular weight is 246 g/mol. The van der Waals surface area contributed by atoms with E-state index in [0.29, 0.717) is 24.3 Å². The van der Waals surface area contributed by atoms with Gasteiger partial charge in [0, 0.05) is 18.1 Å². The predicted molar refractivity (Wildman–Crippen MR) is 65.3 cm³/mol. The highest BCUT2D eigenvalue weighted by molar-refractivity contribution is 5.80. The number of amides is 2. The van der Waals surface area contributed by atoms with Gasteiger partial charge < -0.3 is 16.4 Å². The van der Waals surface area contributed by atoms with Crippen LogP contribution in [0.4, 0.5) is 4.79 Å². The molecule has 7 nitrogen and oxygen atoms in total. The fourth-order valence-corrected chi connectivity index (χ4v) is 2.59. The van der Waals surface area contributed by atoms with E-state index in [9.17, 15) is 4.79 Å². The molecule has 2 aromatic rings. The normalized spacial score (nSPS) is 23.7. The Labute approximate surface area is 103 Å². The van der Waals surface area contributed by atoms with Gasteiger partial charge in [-0.1, -0.05) is 0 Å². The Balaban J connectivity index is 2.16. The molecule has 3 heterocycles. The molecule has 5 N–H and O–H groups in total. The number of carbonyl (C=O) groups is 1. The molecule has 2 aromatic heterocycles. The largest absolute Gasteiger partial charge is 0.351 e. The highest BCUT2D eigenvalue weighted by atomic mass is 16.2. The van der Waals surface area contributed by atoms with Gasteiger partial charge in [-0.3, -0.25) is 5.10 Å². The van der Waals surface area contributed by atoms with Crippen molar-refractivity contribution in [3.05, 3.63) is 24.0 Å². The van der Waals surface area contributed by atoms with Gasteiger partial charge in [-0.2, -0.15) is 5.10 Å². The van der Waals surface area contributed by atoms with Crippen molar-refractivity contribution in [2.45, 2.75) is 18.5 Å². The average Bonchev–Trinajstić information content (AvgIpc) is 2.93. The van der Waals surface area contributed by atoms with Crippen LogP contribution in [0.15, 0.2) is 18.3 Å². The zero-order valence-corrected chi connectivity index (χ0v) is 9.76. The third-order valence-corrected chi connectivity index (χ3v) is 3.45. The van der Waals surface area contributed by atoms with Crippen LogP contribution in [0.1, 0.15) is 18.5 Å². The minimum atomic E-state index is -0.913. The molecular formula is C11H14N6O. The monoisotopic (exact) mass is 246 g/mol. The topological polar surface area (TPSA) is 114 Å². The lowest BCUT2D eigenvalue weighted by Gasteiger charge is -2.32. The fraction of sp³-hybridized carbons (Fsp3) is 0.364. The van der Waals surface area contributed by atoms with E-state index in [1.54, 1.807) is 6.20 Å². The molecule has 1 fully saturated rings. The second kappa shape index (κ2) is 3.67. The molecule has 3 rings (SSSR count). The van der Waals surface area contributed by atoms with Crippen LogP contribution >= 0.6 is 0 Å². The lowest BCUT2D eigenvalue weighted by molar-refractivity contribution is 0.155. The number of carbonyl (C=O) groups excluding carboxylic acids is 1. The van der Waals surface area contributed by atoms with Crippen molar-refractivity contribution in [1.29, 1.82) is 0 Å². The number of urea groups is 1. The molecule has 0 spiro atoms. The first-order chi connectivity index (χ1) is 8.63. The van der Waals surface area contributed by atoms with Gasteiger partial charge in [0.25, 0.3) is 0 Å². The molecule has 1 aliphatic heterocycles. The summed E-state index contributed by atoms with van der Waals surface area (Å²) in [6.07, 6.45) is 3.14. The number of nitrogens with one attached hydrogen (secondary N) is 1. The molecule has 0 radical (unpaired) electrons. The summed E-state index contributed by atoms with van der Waals surface area (Å²) in [4.78, 5) is 17.1. The number of primary amides is 1. The SMILES string of the molecule is NC(=O)N1CCCC1(N)c1[nH]nc2ncccc12. The molecule has 0 aliphatic carbocycles. The van der Waals surface area contributed by atoms with Crippen molar-refractivity contribution in [2.75, 3.05) is 6.54 Å². The van der Waals surface area contributed by atoms with Gasteiger partial charge in [0.05, 0.1) is 5.69 Å². The molecule has 0 bridgehead atoms. The second-order valence-corrected chi connectivity index (χ2v) is 4.49. The first-order valence-electron chi connectivity index (χ1n) is 5.78. The standard InChI is InChI=1S/C11H14N6O/c12-10(18)17-6-2-4-11(17,13)8-7-3-1-5-14-9(7)16-15-8/h1,3,5H,2,4,6,13H2,(H2,12,18)(H,14,15,16). The number of aromatic amines is 1. The fourth-order valence-electron chi connectivity index (χ4n) is 2.59. The van der Waals surface area contributed by atoms with E-state index in [1.807, 2.05) is 12.1 Å². The molecule has 2 amide bonds. The lowest BCUT2D eigenvalue weighted by Crippen LogP contribution is -2.53. The zero-order chi connectivity index (χ0) is 12.8. The number of likely N-dealkylation sites (tertiary alicyclic amines) is 1. The smallest absolute Gasteiger partial charge is 0.316 e.